The van der Waals surface area contributed by atoms with Crippen LogP contribution in [0.3, 0.4) is 0 Å². The summed E-state index contributed by atoms with van der Waals surface area (Å²) in [5.41, 5.74) is 20.3. The molecule has 0 amide bonds. The normalized spacial score (nSPS) is 10.5. The van der Waals surface area contributed by atoms with Crippen LogP contribution < -0.4 is 11.5 Å². The second-order valence-corrected chi connectivity index (χ2v) is 8.54. The number of aromatic amines is 1. The number of nitrogens with two attached hydrogens (primary N) is 2. The summed E-state index contributed by atoms with van der Waals surface area (Å²) >= 11 is 4.96. The van der Waals surface area contributed by atoms with Crippen LogP contribution in [-0.2, 0) is 45.3 Å². The molecule has 2 heterocycles. The first-order valence-corrected chi connectivity index (χ1v) is 11.7. The number of hydrogen-bond donors (Lipinski definition) is 3. The number of nitrogens with zero attached hydrogens (tertiary/aromatic N) is 2. The zero-order valence-electron chi connectivity index (χ0n) is 19.8. The van der Waals surface area contributed by atoms with Gasteiger partial charge >= 0.3 is 0 Å². The number of rotatable bonds is 3. The van der Waals surface area contributed by atoms with E-state index in [9.17, 15) is 0 Å². The van der Waals surface area contributed by atoms with Crippen molar-refractivity contribution >= 4 is 51.5 Å². The number of hydrogen-bond acceptors (Lipinski definition) is 3. The number of nitrogens with one attached hydrogen (secondary N) is 1. The van der Waals surface area contributed by atoms with Gasteiger partial charge in [0.1, 0.15) is 0 Å². The van der Waals surface area contributed by atoms with E-state index in [1.165, 1.54) is 0 Å². The summed E-state index contributed by atoms with van der Waals surface area (Å²) < 4.78 is 2.17. The molecule has 0 aliphatic heterocycles. The fraction of sp³-hybridized carbons (Fsp3) is 0.0345. The number of H-pyrrole nitrogens is 1. The molecule has 0 atom stereocenters. The molecule has 2 aromatic heterocycles. The van der Waals surface area contributed by atoms with E-state index in [0.29, 0.717) is 5.69 Å². The molecular weight excluding hydrogens is 539 g/mol. The van der Waals surface area contributed by atoms with Crippen LogP contribution in [0.4, 0.5) is 17.1 Å². The summed E-state index contributed by atoms with van der Waals surface area (Å²) in [6, 6.07) is 34.0. The molecule has 0 aliphatic carbocycles. The van der Waals surface area contributed by atoms with Crippen molar-refractivity contribution in [1.82, 2.24) is 9.55 Å². The average molecular weight is 565 g/mol. The van der Waals surface area contributed by atoms with Crippen LogP contribution >= 0.6 is 0 Å². The number of nitrogen functional groups attached to an aromatic ring is 2. The van der Waals surface area contributed by atoms with Crippen LogP contribution in [0.2, 0.25) is 0 Å². The predicted octanol–water partition coefficient (Wildman–Crippen LogP) is 7.17. The molecule has 4 aromatic carbocycles. The third-order valence-corrected chi connectivity index (χ3v) is 6.36. The number of aromatic nitrogens is 2. The zero-order chi connectivity index (χ0) is 24.4. The third-order valence-electron chi connectivity index (χ3n) is 6.02. The summed E-state index contributed by atoms with van der Waals surface area (Å²) in [6.07, 6.45) is 0. The van der Waals surface area contributed by atoms with E-state index in [1.54, 1.807) is 7.05 Å². The molecule has 5 nitrogen and oxygen atoms in total. The quantitative estimate of drug-likeness (QED) is 0.199. The van der Waals surface area contributed by atoms with Crippen molar-refractivity contribution in [3.05, 3.63) is 108 Å². The molecule has 7 heteroatoms. The Labute approximate surface area is 241 Å². The van der Waals surface area contributed by atoms with Crippen LogP contribution in [0.15, 0.2) is 108 Å². The molecule has 6 aromatic rings. The van der Waals surface area contributed by atoms with Crippen LogP contribution in [0.25, 0.3) is 44.2 Å². The fourth-order valence-corrected chi connectivity index (χ4v) is 4.59. The van der Waals surface area contributed by atoms with Crippen molar-refractivity contribution in [3.63, 3.8) is 0 Å². The Hall–Kier alpha value is -3.32. The molecule has 0 saturated heterocycles. The number of anilines is 2. The third kappa shape index (κ3) is 4.72. The first kappa shape index (κ1) is 25.8. The van der Waals surface area contributed by atoms with E-state index in [4.69, 9.17) is 24.1 Å². The summed E-state index contributed by atoms with van der Waals surface area (Å²) in [7, 11) is 1.74. The second kappa shape index (κ2) is 11.2. The molecule has 0 unspecified atom stereocenters. The summed E-state index contributed by atoms with van der Waals surface area (Å²) in [5.74, 6) is 0. The Kier molecular flexibility index (Phi) is 7.99. The van der Waals surface area contributed by atoms with Gasteiger partial charge in [0.05, 0.1) is 28.3 Å². The van der Waals surface area contributed by atoms with E-state index in [2.05, 4.69) is 33.1 Å². The van der Waals surface area contributed by atoms with Crippen molar-refractivity contribution in [2.75, 3.05) is 18.5 Å². The molecule has 1 radical (unpaired) electrons. The number of para-hydroxylation sites is 4. The molecule has 0 aliphatic rings. The van der Waals surface area contributed by atoms with Crippen molar-refractivity contribution in [3.8, 4) is 17.1 Å². The van der Waals surface area contributed by atoms with Crippen LogP contribution in [0.1, 0.15) is 0 Å². The van der Waals surface area contributed by atoms with Gasteiger partial charge in [-0.3, -0.25) is 0 Å². The smallest absolute Gasteiger partial charge is 0.0958 e. The molecular formula is C29H25N5SY-2. The van der Waals surface area contributed by atoms with Gasteiger partial charge in [-0.25, -0.2) is 0 Å². The monoisotopic (exact) mass is 564 g/mol. The minimum Gasteiger partial charge on any atom is -0.781 e. The predicted molar refractivity (Wildman–Crippen MR) is 150 cm³/mol. The number of benzene rings is 4. The maximum absolute atomic E-state index is 6.60. The van der Waals surface area contributed by atoms with E-state index < -0.39 is 0 Å². The summed E-state index contributed by atoms with van der Waals surface area (Å²) in [4.78, 5) is 4.29. The second-order valence-electron chi connectivity index (χ2n) is 8.10. The first-order valence-electron chi connectivity index (χ1n) is 11.3. The first-order chi connectivity index (χ1) is 17.1. The molecule has 0 fully saturated rings. The molecule has 5 N–H and O–H groups in total. The van der Waals surface area contributed by atoms with Gasteiger partial charge in [0.25, 0.3) is 0 Å². The summed E-state index contributed by atoms with van der Waals surface area (Å²) in [6.45, 7) is 0. The topological polar surface area (TPSA) is 86.9 Å². The van der Waals surface area contributed by atoms with Crippen LogP contribution in [0, 0.1) is 0 Å². The Balaban J connectivity index is 0.000000260. The molecule has 0 saturated carbocycles. The molecule has 0 bridgehead atoms. The Bertz CT molecular complexity index is 1620. The van der Waals surface area contributed by atoms with Gasteiger partial charge in [0.2, 0.25) is 0 Å². The van der Waals surface area contributed by atoms with Crippen LogP contribution in [-0.4, -0.2) is 16.6 Å². The van der Waals surface area contributed by atoms with Gasteiger partial charge in [-0.2, -0.15) is 10.6 Å². The molecule has 177 valence electrons. The largest absolute Gasteiger partial charge is 0.781 e. The van der Waals surface area contributed by atoms with E-state index >= 15 is 0 Å². The van der Waals surface area contributed by atoms with E-state index in [-0.39, 0.29) is 32.7 Å². The van der Waals surface area contributed by atoms with Crippen LogP contribution in [0.5, 0.6) is 0 Å². The Morgan fingerprint density at radius 1 is 0.722 bits per heavy atom. The minimum atomic E-state index is 0. The molecule has 36 heavy (non-hydrogen) atoms. The summed E-state index contributed by atoms with van der Waals surface area (Å²) in [5, 5.41) is 5.99. The van der Waals surface area contributed by atoms with E-state index in [0.717, 1.165) is 55.2 Å². The minimum absolute atomic E-state index is 0. The SMILES string of the molecule is C[N-]c1ccccc1[S-].Nc1c(-c2c(N)c3ccccc3n2-c2ccccc2)[nH]c2ccccc12.[Y]. The standard InChI is InChI=1S/C22H18N4.C7H8NS.Y/c23-19-15-10-4-6-12-17(15)25-21(19)22-20(24)16-11-5-7-13-18(16)26(22)14-8-2-1-3-9-14;1-8-6-4-2-3-5-7(6)9;/h1-13,25H,23-24H2;2-5,9H,1H3;/q;-1;/p-1. The van der Waals surface area contributed by atoms with Gasteiger partial charge in [-0.05, 0) is 24.3 Å². The Morgan fingerprint density at radius 3 is 2.00 bits per heavy atom. The van der Waals surface area contributed by atoms with Crippen molar-refractivity contribution in [2.45, 2.75) is 4.90 Å². The maximum Gasteiger partial charge on any atom is 0.0958 e. The molecule has 6 rings (SSSR count). The zero-order valence-corrected chi connectivity index (χ0v) is 23.5. The number of fused-ring (bicyclic) bond motifs is 2. The maximum atomic E-state index is 6.60. The van der Waals surface area contributed by atoms with Gasteiger partial charge in [-0.15, -0.1) is 7.05 Å². The van der Waals surface area contributed by atoms with Gasteiger partial charge in [-0.1, -0.05) is 78.9 Å². The van der Waals surface area contributed by atoms with Crippen molar-refractivity contribution in [2.24, 2.45) is 0 Å². The van der Waals surface area contributed by atoms with Gasteiger partial charge in [0.15, 0.2) is 0 Å². The van der Waals surface area contributed by atoms with Gasteiger partial charge in [0, 0.05) is 54.7 Å². The average Bonchev–Trinajstić information content (AvgIpc) is 3.39. The fourth-order valence-electron chi connectivity index (χ4n) is 4.35. The molecule has 0 spiro atoms. The van der Waals surface area contributed by atoms with E-state index in [1.807, 2.05) is 84.9 Å². The van der Waals surface area contributed by atoms with Crippen molar-refractivity contribution < 1.29 is 32.7 Å². The van der Waals surface area contributed by atoms with Gasteiger partial charge < -0.3 is 39.0 Å². The van der Waals surface area contributed by atoms with Crippen molar-refractivity contribution in [1.29, 1.82) is 0 Å². The Morgan fingerprint density at radius 2 is 1.33 bits per heavy atom.